The molecule has 0 amide bonds. The second-order valence-corrected chi connectivity index (χ2v) is 16.0. The number of hydrogen-bond acceptors (Lipinski definition) is 2. The van der Waals surface area contributed by atoms with Gasteiger partial charge in [-0.25, -0.2) is 0 Å². The average molecular weight is 778 g/mol. The molecule has 10 aromatic carbocycles. The van der Waals surface area contributed by atoms with Crippen molar-refractivity contribution < 1.29 is 4.42 Å². The van der Waals surface area contributed by atoms with Crippen LogP contribution in [-0.2, 0) is 5.41 Å². The topological polar surface area (TPSA) is 16.4 Å². The fourth-order valence-corrected chi connectivity index (χ4v) is 9.96. The van der Waals surface area contributed by atoms with E-state index in [-0.39, 0.29) is 0 Å². The van der Waals surface area contributed by atoms with E-state index in [0.717, 1.165) is 55.5 Å². The molecule has 2 nitrogen and oxygen atoms in total. The van der Waals surface area contributed by atoms with Gasteiger partial charge in [0.1, 0.15) is 11.2 Å². The van der Waals surface area contributed by atoms with E-state index in [1.165, 1.54) is 49.9 Å². The van der Waals surface area contributed by atoms with Gasteiger partial charge in [-0.05, 0) is 122 Å². The van der Waals surface area contributed by atoms with Crippen molar-refractivity contribution in [3.63, 3.8) is 0 Å². The van der Waals surface area contributed by atoms with Crippen molar-refractivity contribution in [1.29, 1.82) is 0 Å². The Morgan fingerprint density at radius 1 is 0.328 bits per heavy atom. The molecule has 0 aliphatic heterocycles. The van der Waals surface area contributed by atoms with Crippen LogP contribution in [0, 0.1) is 0 Å². The Morgan fingerprint density at radius 3 is 1.70 bits per heavy atom. The van der Waals surface area contributed by atoms with Crippen molar-refractivity contribution in [3.8, 4) is 33.4 Å². The number of fused-ring (bicyclic) bond motifs is 8. The van der Waals surface area contributed by atoms with Gasteiger partial charge in [0.25, 0.3) is 0 Å². The Labute approximate surface area is 355 Å². The maximum atomic E-state index is 6.42. The highest BCUT2D eigenvalue weighted by atomic mass is 16.3. The fraction of sp³-hybridized carbons (Fsp3) is 0.0169. The highest BCUT2D eigenvalue weighted by molar-refractivity contribution is 6.15. The van der Waals surface area contributed by atoms with Crippen LogP contribution in [0.25, 0.3) is 66.1 Å². The first-order valence-corrected chi connectivity index (χ1v) is 21.0. The molecule has 12 rings (SSSR count). The van der Waals surface area contributed by atoms with Crippen molar-refractivity contribution >= 4 is 49.8 Å². The molecular weight excluding hydrogens is 739 g/mol. The number of benzene rings is 10. The van der Waals surface area contributed by atoms with Crippen LogP contribution in [0.4, 0.5) is 17.1 Å². The largest absolute Gasteiger partial charge is 0.455 e. The molecular formula is C59H39NO. The van der Waals surface area contributed by atoms with E-state index in [0.29, 0.717) is 0 Å². The van der Waals surface area contributed by atoms with Crippen LogP contribution in [-0.4, -0.2) is 0 Å². The zero-order valence-corrected chi connectivity index (χ0v) is 33.4. The minimum atomic E-state index is -0.419. The Morgan fingerprint density at radius 2 is 0.918 bits per heavy atom. The predicted octanol–water partition coefficient (Wildman–Crippen LogP) is 15.9. The van der Waals surface area contributed by atoms with Gasteiger partial charge >= 0.3 is 0 Å². The van der Waals surface area contributed by atoms with Gasteiger partial charge in [0.05, 0.1) is 5.41 Å². The first-order valence-electron chi connectivity index (χ1n) is 21.0. The van der Waals surface area contributed by atoms with Crippen molar-refractivity contribution in [3.05, 3.63) is 259 Å². The summed E-state index contributed by atoms with van der Waals surface area (Å²) in [6, 6.07) is 85.9. The Balaban J connectivity index is 0.936. The summed E-state index contributed by atoms with van der Waals surface area (Å²) in [7, 11) is 0. The molecule has 286 valence electrons. The van der Waals surface area contributed by atoms with Crippen LogP contribution in [0.1, 0.15) is 22.3 Å². The second-order valence-electron chi connectivity index (χ2n) is 16.0. The summed E-state index contributed by atoms with van der Waals surface area (Å²) in [5.74, 6) is 0. The van der Waals surface area contributed by atoms with Crippen LogP contribution in [0.5, 0.6) is 0 Å². The molecule has 0 spiro atoms. The minimum Gasteiger partial charge on any atom is -0.455 e. The van der Waals surface area contributed by atoms with Crippen LogP contribution in [0.3, 0.4) is 0 Å². The van der Waals surface area contributed by atoms with E-state index < -0.39 is 5.41 Å². The summed E-state index contributed by atoms with van der Waals surface area (Å²) in [6.45, 7) is 0. The maximum absolute atomic E-state index is 6.42. The minimum absolute atomic E-state index is 0.419. The molecule has 1 aliphatic carbocycles. The molecule has 1 heterocycles. The molecule has 1 aliphatic rings. The quantitative estimate of drug-likeness (QED) is 0.160. The van der Waals surface area contributed by atoms with Gasteiger partial charge in [0, 0.05) is 33.2 Å². The number of furan rings is 1. The number of rotatable bonds is 7. The molecule has 61 heavy (non-hydrogen) atoms. The molecule has 1 aromatic heterocycles. The van der Waals surface area contributed by atoms with Crippen molar-refractivity contribution in [2.24, 2.45) is 0 Å². The van der Waals surface area contributed by atoms with Crippen molar-refractivity contribution in [2.45, 2.75) is 5.41 Å². The lowest BCUT2D eigenvalue weighted by Crippen LogP contribution is -2.28. The van der Waals surface area contributed by atoms with Gasteiger partial charge in [-0.3, -0.25) is 0 Å². The number of anilines is 3. The van der Waals surface area contributed by atoms with Gasteiger partial charge in [0.15, 0.2) is 0 Å². The van der Waals surface area contributed by atoms with E-state index >= 15 is 0 Å². The summed E-state index contributed by atoms with van der Waals surface area (Å²) in [4.78, 5) is 2.35. The van der Waals surface area contributed by atoms with E-state index in [9.17, 15) is 0 Å². The zero-order valence-electron chi connectivity index (χ0n) is 33.4. The third-order valence-corrected chi connectivity index (χ3v) is 12.7. The van der Waals surface area contributed by atoms with E-state index in [1.54, 1.807) is 0 Å². The molecule has 0 bridgehead atoms. The monoisotopic (exact) mass is 777 g/mol. The fourth-order valence-electron chi connectivity index (χ4n) is 9.96. The molecule has 0 saturated heterocycles. The Hall–Kier alpha value is -7.94. The summed E-state index contributed by atoms with van der Waals surface area (Å²) >= 11 is 0. The molecule has 0 fully saturated rings. The van der Waals surface area contributed by atoms with Crippen LogP contribution in [0.15, 0.2) is 241 Å². The molecule has 0 saturated carbocycles. The van der Waals surface area contributed by atoms with Gasteiger partial charge in [-0.15, -0.1) is 0 Å². The number of para-hydroxylation sites is 1. The lowest BCUT2D eigenvalue weighted by atomic mass is 9.67. The summed E-state index contributed by atoms with van der Waals surface area (Å²) in [6.07, 6.45) is 0. The van der Waals surface area contributed by atoms with Crippen molar-refractivity contribution in [2.75, 3.05) is 4.90 Å². The van der Waals surface area contributed by atoms with E-state index in [2.05, 4.69) is 241 Å². The zero-order chi connectivity index (χ0) is 40.3. The summed E-state index contributed by atoms with van der Waals surface area (Å²) in [5, 5.41) is 4.60. The predicted molar refractivity (Wildman–Crippen MR) is 254 cm³/mol. The first kappa shape index (κ1) is 35.0. The van der Waals surface area contributed by atoms with Crippen molar-refractivity contribution in [1.82, 2.24) is 0 Å². The van der Waals surface area contributed by atoms with Crippen LogP contribution >= 0.6 is 0 Å². The maximum Gasteiger partial charge on any atom is 0.143 e. The molecule has 0 atom stereocenters. The highest BCUT2D eigenvalue weighted by Crippen LogP contribution is 2.56. The SMILES string of the molecule is c1ccc(N(c2ccc(-c3ccc4oc5c6ccccc6ccc5c4c3)cc2)c2cccc(-c3ccc4c(c3)-c3ccccc3C4(c3ccccc3)c3ccccc3)c2)cc1. The molecule has 11 aromatic rings. The summed E-state index contributed by atoms with van der Waals surface area (Å²) in [5.41, 5.74) is 17.1. The van der Waals surface area contributed by atoms with Crippen LogP contribution in [0.2, 0.25) is 0 Å². The molecule has 0 unspecified atom stereocenters. The lowest BCUT2D eigenvalue weighted by molar-refractivity contribution is 0.672. The highest BCUT2D eigenvalue weighted by Gasteiger charge is 2.46. The van der Waals surface area contributed by atoms with E-state index in [4.69, 9.17) is 4.42 Å². The lowest BCUT2D eigenvalue weighted by Gasteiger charge is -2.33. The second kappa shape index (κ2) is 14.1. The normalized spacial score (nSPS) is 12.7. The Kier molecular flexibility index (Phi) is 8.11. The van der Waals surface area contributed by atoms with Gasteiger partial charge in [0.2, 0.25) is 0 Å². The molecule has 0 radical (unpaired) electrons. The van der Waals surface area contributed by atoms with Crippen LogP contribution < -0.4 is 4.90 Å². The number of hydrogen-bond donors (Lipinski definition) is 0. The van der Waals surface area contributed by atoms with Gasteiger partial charge in [-0.1, -0.05) is 176 Å². The summed E-state index contributed by atoms with van der Waals surface area (Å²) < 4.78 is 6.42. The van der Waals surface area contributed by atoms with E-state index in [1.807, 2.05) is 0 Å². The average Bonchev–Trinajstić information content (AvgIpc) is 3.86. The Bertz CT molecular complexity index is 3360. The molecule has 2 heteroatoms. The third-order valence-electron chi connectivity index (χ3n) is 12.7. The number of nitrogens with zero attached hydrogens (tertiary/aromatic N) is 1. The molecule has 0 N–H and O–H groups in total. The first-order chi connectivity index (χ1) is 30.2. The smallest absolute Gasteiger partial charge is 0.143 e. The van der Waals surface area contributed by atoms with Gasteiger partial charge < -0.3 is 9.32 Å². The third kappa shape index (κ3) is 5.57. The standard InChI is InChI=1S/C59H39NO/c1-4-17-45(18-5-1)59(46-19-6-2-7-20-46)55-26-13-12-25-51(55)53-38-44(30-35-56(53)59)42-16-14-23-49(37-42)60(47-21-8-3-9-22-47)48-32-27-40(28-33-48)43-31-36-57-54(39-43)52-34-29-41-15-10-11-24-50(41)58(52)61-57/h1-39H. The van der Waals surface area contributed by atoms with Gasteiger partial charge in [-0.2, -0.15) is 0 Å².